The van der Waals surface area contributed by atoms with Crippen LogP contribution in [0.3, 0.4) is 0 Å². The first-order valence-electron chi connectivity index (χ1n) is 10.1. The maximum absolute atomic E-state index is 12.8. The molecular formula is C24H18ClF3N2O3. The van der Waals surface area contributed by atoms with Crippen LogP contribution in [0, 0.1) is 0 Å². The Morgan fingerprint density at radius 2 is 1.76 bits per heavy atom. The van der Waals surface area contributed by atoms with Crippen LogP contribution in [0.1, 0.15) is 35.4 Å². The summed E-state index contributed by atoms with van der Waals surface area (Å²) >= 11 is 6.62. The summed E-state index contributed by atoms with van der Waals surface area (Å²) in [5.74, 6) is -1.19. The minimum Gasteiger partial charge on any atom is -0.311 e. The molecule has 0 bridgehead atoms. The van der Waals surface area contributed by atoms with E-state index in [2.05, 4.69) is 5.32 Å². The first-order valence-corrected chi connectivity index (χ1v) is 10.5. The number of nitrogens with one attached hydrogen (secondary N) is 1. The van der Waals surface area contributed by atoms with Crippen molar-refractivity contribution >= 4 is 23.4 Å². The van der Waals surface area contributed by atoms with Gasteiger partial charge < -0.3 is 4.57 Å². The quantitative estimate of drug-likeness (QED) is 0.555. The molecule has 0 radical (unpaired) electrons. The van der Waals surface area contributed by atoms with Crippen molar-refractivity contribution in [2.24, 2.45) is 0 Å². The molecule has 5 nitrogen and oxygen atoms in total. The molecule has 1 saturated heterocycles. The lowest BCUT2D eigenvalue weighted by Gasteiger charge is -2.23. The third kappa shape index (κ3) is 4.85. The van der Waals surface area contributed by atoms with E-state index in [1.54, 1.807) is 36.4 Å². The molecular weight excluding hydrogens is 457 g/mol. The fourth-order valence-corrected chi connectivity index (χ4v) is 4.20. The highest BCUT2D eigenvalue weighted by Crippen LogP contribution is 2.37. The molecule has 2 amide bonds. The molecule has 1 N–H and O–H groups in total. The molecule has 1 aliphatic heterocycles. The zero-order chi connectivity index (χ0) is 23.8. The number of halogens is 4. The summed E-state index contributed by atoms with van der Waals surface area (Å²) in [4.78, 5) is 35.7. The van der Waals surface area contributed by atoms with Gasteiger partial charge in [0, 0.05) is 24.2 Å². The van der Waals surface area contributed by atoms with Gasteiger partial charge >= 0.3 is 6.18 Å². The van der Waals surface area contributed by atoms with Gasteiger partial charge in [0.1, 0.15) is 0 Å². The molecule has 0 spiro atoms. The molecule has 1 aromatic heterocycles. The largest absolute Gasteiger partial charge is 0.416 e. The van der Waals surface area contributed by atoms with E-state index >= 15 is 0 Å². The zero-order valence-corrected chi connectivity index (χ0v) is 17.9. The lowest BCUT2D eigenvalue weighted by molar-refractivity contribution is -0.138. The molecule has 2 heterocycles. The maximum atomic E-state index is 12.8. The normalized spacial score (nSPS) is 16.5. The van der Waals surface area contributed by atoms with Gasteiger partial charge in [-0.25, -0.2) is 0 Å². The third-order valence-corrected chi connectivity index (χ3v) is 6.01. The van der Waals surface area contributed by atoms with Crippen LogP contribution < -0.4 is 10.9 Å². The zero-order valence-electron chi connectivity index (χ0n) is 17.2. The summed E-state index contributed by atoms with van der Waals surface area (Å²) in [5.41, 5.74) is 1.12. The number of hydrogen-bond donors (Lipinski definition) is 1. The van der Waals surface area contributed by atoms with Crippen molar-refractivity contribution in [1.29, 1.82) is 0 Å². The van der Waals surface area contributed by atoms with E-state index in [0.717, 1.165) is 23.4 Å². The topological polar surface area (TPSA) is 68.2 Å². The number of aromatic nitrogens is 1. The smallest absolute Gasteiger partial charge is 0.311 e. The number of carbonyl (C=O) groups is 2. The summed E-state index contributed by atoms with van der Waals surface area (Å²) in [6, 6.07) is 13.9. The number of benzene rings is 2. The predicted molar refractivity (Wildman–Crippen MR) is 117 cm³/mol. The highest BCUT2D eigenvalue weighted by molar-refractivity contribution is 6.34. The molecule has 0 aliphatic carbocycles. The Morgan fingerprint density at radius 1 is 1.03 bits per heavy atom. The highest BCUT2D eigenvalue weighted by Gasteiger charge is 2.31. The SMILES string of the molecule is O=C1CC[C@@H](c2cccc(-c3ccc(Cn4ccc(C(F)(F)F)cc4=O)cc3)c2Cl)C(=O)N1. The van der Waals surface area contributed by atoms with Crippen LogP contribution in [-0.4, -0.2) is 16.4 Å². The molecule has 1 aliphatic rings. The molecule has 1 fully saturated rings. The second-order valence-corrected chi connectivity index (χ2v) is 8.17. The van der Waals surface area contributed by atoms with Crippen LogP contribution in [0.25, 0.3) is 11.1 Å². The molecule has 33 heavy (non-hydrogen) atoms. The van der Waals surface area contributed by atoms with Crippen molar-refractivity contribution in [2.45, 2.75) is 31.5 Å². The number of piperidine rings is 1. The van der Waals surface area contributed by atoms with Crippen molar-refractivity contribution in [3.8, 4) is 11.1 Å². The average Bonchev–Trinajstić information content (AvgIpc) is 2.76. The second kappa shape index (κ2) is 8.86. The number of carbonyl (C=O) groups excluding carboxylic acids is 2. The van der Waals surface area contributed by atoms with Crippen LogP contribution in [0.2, 0.25) is 5.02 Å². The van der Waals surface area contributed by atoms with Crippen LogP contribution in [0.4, 0.5) is 13.2 Å². The number of pyridine rings is 1. The van der Waals surface area contributed by atoms with Gasteiger partial charge in [-0.05, 0) is 29.2 Å². The first-order chi connectivity index (χ1) is 15.6. The lowest BCUT2D eigenvalue weighted by atomic mass is 9.88. The predicted octanol–water partition coefficient (Wildman–Crippen LogP) is 4.76. The van der Waals surface area contributed by atoms with E-state index in [4.69, 9.17) is 11.6 Å². The molecule has 2 aromatic carbocycles. The average molecular weight is 475 g/mol. The van der Waals surface area contributed by atoms with E-state index < -0.39 is 23.2 Å². The number of rotatable bonds is 4. The van der Waals surface area contributed by atoms with E-state index in [1.807, 2.05) is 6.07 Å². The van der Waals surface area contributed by atoms with E-state index in [-0.39, 0.29) is 24.8 Å². The first kappa shape index (κ1) is 22.8. The molecule has 9 heteroatoms. The highest BCUT2D eigenvalue weighted by atomic mass is 35.5. The monoisotopic (exact) mass is 474 g/mol. The van der Waals surface area contributed by atoms with Crippen molar-refractivity contribution in [3.05, 3.63) is 92.9 Å². The van der Waals surface area contributed by atoms with E-state index in [9.17, 15) is 27.6 Å². The molecule has 4 rings (SSSR count). The second-order valence-electron chi connectivity index (χ2n) is 7.79. The summed E-state index contributed by atoms with van der Waals surface area (Å²) in [6.45, 7) is 0.112. The molecule has 170 valence electrons. The van der Waals surface area contributed by atoms with E-state index in [1.165, 1.54) is 4.57 Å². The summed E-state index contributed by atoms with van der Waals surface area (Å²) < 4.78 is 39.5. The molecule has 1 atom stereocenters. The third-order valence-electron chi connectivity index (χ3n) is 5.58. The van der Waals surface area contributed by atoms with Crippen molar-refractivity contribution in [3.63, 3.8) is 0 Å². The van der Waals surface area contributed by atoms with Gasteiger partial charge in [-0.15, -0.1) is 0 Å². The van der Waals surface area contributed by atoms with Gasteiger partial charge in [-0.2, -0.15) is 13.2 Å². The fourth-order valence-electron chi connectivity index (χ4n) is 3.83. The molecule has 0 unspecified atom stereocenters. The molecule has 0 saturated carbocycles. The van der Waals surface area contributed by atoms with E-state index in [0.29, 0.717) is 28.6 Å². The summed E-state index contributed by atoms with van der Waals surface area (Å²) in [6.07, 6.45) is -2.81. The van der Waals surface area contributed by atoms with Crippen LogP contribution in [0.5, 0.6) is 0 Å². The number of nitrogens with zero attached hydrogens (tertiary/aromatic N) is 1. The Labute approximate surface area is 191 Å². The van der Waals surface area contributed by atoms with Gasteiger partial charge in [0.2, 0.25) is 11.8 Å². The van der Waals surface area contributed by atoms with Gasteiger partial charge in [-0.1, -0.05) is 54.1 Å². The Balaban J connectivity index is 1.56. The summed E-state index contributed by atoms with van der Waals surface area (Å²) in [7, 11) is 0. The Bertz CT molecular complexity index is 1280. The van der Waals surface area contributed by atoms with Gasteiger partial charge in [0.15, 0.2) is 0 Å². The van der Waals surface area contributed by atoms with Gasteiger partial charge in [0.25, 0.3) is 5.56 Å². The summed E-state index contributed by atoms with van der Waals surface area (Å²) in [5, 5.41) is 2.75. The molecule has 3 aromatic rings. The van der Waals surface area contributed by atoms with Crippen LogP contribution in [-0.2, 0) is 22.3 Å². The standard InChI is InChI=1S/C24H18ClF3N2O3/c25-22-17(2-1-3-18(22)19-8-9-20(31)29-23(19)33)15-6-4-14(5-7-15)13-30-11-10-16(12-21(30)32)24(26,27)28/h1-7,10-12,19H,8-9,13H2,(H,29,31,33)/t19-/m0/s1. The van der Waals surface area contributed by atoms with Gasteiger partial charge in [0.05, 0.1) is 23.0 Å². The number of alkyl halides is 3. The van der Waals surface area contributed by atoms with Crippen molar-refractivity contribution in [2.75, 3.05) is 0 Å². The minimum atomic E-state index is -4.57. The van der Waals surface area contributed by atoms with Crippen LogP contribution >= 0.6 is 11.6 Å². The van der Waals surface area contributed by atoms with Crippen LogP contribution in [0.15, 0.2) is 65.6 Å². The number of amides is 2. The lowest BCUT2D eigenvalue weighted by Crippen LogP contribution is -2.39. The van der Waals surface area contributed by atoms with Gasteiger partial charge in [-0.3, -0.25) is 19.7 Å². The fraction of sp³-hybridized carbons (Fsp3) is 0.208. The number of hydrogen-bond acceptors (Lipinski definition) is 3. The Morgan fingerprint density at radius 3 is 2.39 bits per heavy atom. The Hall–Kier alpha value is -3.39. The maximum Gasteiger partial charge on any atom is 0.416 e. The minimum absolute atomic E-state index is 0.112. The Kier molecular flexibility index (Phi) is 6.12. The van der Waals surface area contributed by atoms with Crippen molar-refractivity contribution in [1.82, 2.24) is 9.88 Å². The van der Waals surface area contributed by atoms with Crippen molar-refractivity contribution < 1.29 is 22.8 Å². The number of imide groups is 1.